The van der Waals surface area contributed by atoms with E-state index < -0.39 is 5.91 Å². The van der Waals surface area contributed by atoms with E-state index >= 15 is 0 Å². The normalized spacial score (nSPS) is 16.1. The maximum absolute atomic E-state index is 11.1. The molecule has 27 heavy (non-hydrogen) atoms. The number of rotatable bonds is 6. The van der Waals surface area contributed by atoms with Gasteiger partial charge in [0.1, 0.15) is 0 Å². The van der Waals surface area contributed by atoms with Gasteiger partial charge < -0.3 is 9.88 Å². The van der Waals surface area contributed by atoms with Crippen molar-refractivity contribution in [2.24, 2.45) is 0 Å². The molecule has 1 aliphatic rings. The Balaban J connectivity index is 1.38. The monoisotopic (exact) mass is 362 g/mol. The van der Waals surface area contributed by atoms with Gasteiger partial charge in [0, 0.05) is 25.2 Å². The van der Waals surface area contributed by atoms with Crippen molar-refractivity contribution in [3.63, 3.8) is 0 Å². The van der Waals surface area contributed by atoms with Gasteiger partial charge in [-0.05, 0) is 47.7 Å². The number of aromatic nitrogens is 2. The molecule has 6 nitrogen and oxygen atoms in total. The van der Waals surface area contributed by atoms with Gasteiger partial charge >= 0.3 is 0 Å². The van der Waals surface area contributed by atoms with E-state index in [2.05, 4.69) is 33.1 Å². The first-order valence-electron chi connectivity index (χ1n) is 9.13. The van der Waals surface area contributed by atoms with E-state index in [0.717, 1.165) is 42.5 Å². The van der Waals surface area contributed by atoms with Crippen LogP contribution >= 0.6 is 0 Å². The number of para-hydroxylation sites is 2. The lowest BCUT2D eigenvalue weighted by Gasteiger charge is -2.15. The smallest absolute Gasteiger partial charge is 0.267 e. The number of amides is 1. The number of aryl methyl sites for hydroxylation is 1. The molecule has 1 atom stereocenters. The molecule has 138 valence electrons. The largest absolute Gasteiger partial charge is 0.329 e. The summed E-state index contributed by atoms with van der Waals surface area (Å²) in [6, 6.07) is 14.8. The summed E-state index contributed by atoms with van der Waals surface area (Å²) < 4.78 is 2.18. The van der Waals surface area contributed by atoms with Crippen LogP contribution in [-0.4, -0.2) is 27.2 Å². The third kappa shape index (κ3) is 3.77. The van der Waals surface area contributed by atoms with Gasteiger partial charge in [0.05, 0.1) is 17.4 Å². The predicted molar refractivity (Wildman–Crippen MR) is 104 cm³/mol. The standard InChI is InChI=1S/C21H22N4O2/c26-21(24-27)10-6-15-5-8-17-16(13-15)7-9-18(17)22-11-12-25-14-23-19-3-1-2-4-20(19)25/h1-6,8,10,13-14,18,22,27H,7,9,11-12H2,(H,24,26)/b10-6+. The highest BCUT2D eigenvalue weighted by molar-refractivity contribution is 5.90. The SMILES string of the molecule is O=C(/C=C/c1ccc2c(c1)CCC2NCCn1cnc2ccccc21)NO. The predicted octanol–water partition coefficient (Wildman–Crippen LogP) is 2.83. The van der Waals surface area contributed by atoms with Crippen LogP contribution in [0.2, 0.25) is 0 Å². The minimum absolute atomic E-state index is 0.355. The second kappa shape index (κ2) is 7.73. The molecule has 1 amide bonds. The molecule has 1 aliphatic carbocycles. The number of carbonyl (C=O) groups excluding carboxylic acids is 1. The Labute approximate surface area is 157 Å². The van der Waals surface area contributed by atoms with Gasteiger partial charge in [-0.2, -0.15) is 0 Å². The average Bonchev–Trinajstić information content (AvgIpc) is 3.30. The summed E-state index contributed by atoms with van der Waals surface area (Å²) in [4.78, 5) is 15.5. The lowest BCUT2D eigenvalue weighted by Crippen LogP contribution is -2.23. The Morgan fingerprint density at radius 3 is 3.07 bits per heavy atom. The summed E-state index contributed by atoms with van der Waals surface area (Å²) in [5.74, 6) is -0.526. The van der Waals surface area contributed by atoms with Gasteiger partial charge in [-0.25, -0.2) is 10.5 Å². The number of hydroxylamine groups is 1. The van der Waals surface area contributed by atoms with Crippen LogP contribution in [0.25, 0.3) is 17.1 Å². The number of carbonyl (C=O) groups is 1. The number of hydrogen-bond acceptors (Lipinski definition) is 4. The number of imidazole rings is 1. The minimum atomic E-state index is -0.526. The van der Waals surface area contributed by atoms with Crippen LogP contribution in [0.15, 0.2) is 54.9 Å². The molecule has 0 saturated carbocycles. The third-order valence-corrected chi connectivity index (χ3v) is 5.05. The van der Waals surface area contributed by atoms with Crippen LogP contribution in [0.5, 0.6) is 0 Å². The summed E-state index contributed by atoms with van der Waals surface area (Å²) >= 11 is 0. The summed E-state index contributed by atoms with van der Waals surface area (Å²) in [7, 11) is 0. The second-order valence-corrected chi connectivity index (χ2v) is 6.74. The molecule has 2 aromatic carbocycles. The number of benzene rings is 2. The van der Waals surface area contributed by atoms with Crippen molar-refractivity contribution in [3.05, 3.63) is 71.6 Å². The van der Waals surface area contributed by atoms with E-state index in [4.69, 9.17) is 5.21 Å². The Bertz CT molecular complexity index is 993. The molecule has 0 saturated heterocycles. The highest BCUT2D eigenvalue weighted by Gasteiger charge is 2.21. The van der Waals surface area contributed by atoms with E-state index in [1.807, 2.05) is 30.6 Å². The van der Waals surface area contributed by atoms with Crippen LogP contribution in [0.4, 0.5) is 0 Å². The zero-order valence-corrected chi connectivity index (χ0v) is 14.9. The molecule has 0 radical (unpaired) electrons. The van der Waals surface area contributed by atoms with Crippen LogP contribution in [0.1, 0.15) is 29.2 Å². The zero-order valence-electron chi connectivity index (χ0n) is 14.9. The molecule has 0 bridgehead atoms. The van der Waals surface area contributed by atoms with Crippen LogP contribution in [0.3, 0.4) is 0 Å². The minimum Gasteiger partial charge on any atom is -0.329 e. The average molecular weight is 362 g/mol. The summed E-state index contributed by atoms with van der Waals surface area (Å²) in [6.07, 6.45) is 7.02. The Morgan fingerprint density at radius 2 is 2.19 bits per heavy atom. The zero-order chi connectivity index (χ0) is 18.6. The molecule has 4 rings (SSSR count). The molecule has 1 heterocycles. The molecule has 0 spiro atoms. The maximum Gasteiger partial charge on any atom is 0.267 e. The fraction of sp³-hybridized carbons (Fsp3) is 0.238. The molecule has 6 heteroatoms. The first-order valence-corrected chi connectivity index (χ1v) is 9.13. The highest BCUT2D eigenvalue weighted by Crippen LogP contribution is 2.32. The number of fused-ring (bicyclic) bond motifs is 2. The molecule has 1 unspecified atom stereocenters. The van der Waals surface area contributed by atoms with Crippen molar-refractivity contribution in [2.45, 2.75) is 25.4 Å². The first kappa shape index (κ1) is 17.5. The van der Waals surface area contributed by atoms with Gasteiger partial charge in [-0.1, -0.05) is 30.3 Å². The Kier molecular flexibility index (Phi) is 5.00. The molecule has 0 fully saturated rings. The van der Waals surface area contributed by atoms with Crippen LogP contribution < -0.4 is 10.8 Å². The van der Waals surface area contributed by atoms with Crippen LogP contribution in [0, 0.1) is 0 Å². The highest BCUT2D eigenvalue weighted by atomic mass is 16.5. The maximum atomic E-state index is 11.1. The Morgan fingerprint density at radius 1 is 1.30 bits per heavy atom. The van der Waals surface area contributed by atoms with Crippen molar-refractivity contribution >= 4 is 23.0 Å². The van der Waals surface area contributed by atoms with E-state index in [1.54, 1.807) is 11.6 Å². The fourth-order valence-corrected chi connectivity index (χ4v) is 3.71. The second-order valence-electron chi connectivity index (χ2n) is 6.74. The lowest BCUT2D eigenvalue weighted by molar-refractivity contribution is -0.124. The topological polar surface area (TPSA) is 79.2 Å². The van der Waals surface area contributed by atoms with Crippen LogP contribution in [-0.2, 0) is 17.8 Å². The Hall–Kier alpha value is -2.96. The number of nitrogens with zero attached hydrogens (tertiary/aromatic N) is 2. The van der Waals surface area contributed by atoms with Crippen molar-refractivity contribution in [1.29, 1.82) is 0 Å². The molecular weight excluding hydrogens is 340 g/mol. The lowest BCUT2D eigenvalue weighted by atomic mass is 10.0. The quantitative estimate of drug-likeness (QED) is 0.358. The molecule has 3 N–H and O–H groups in total. The molecule has 0 aliphatic heterocycles. The van der Waals surface area contributed by atoms with E-state index in [-0.39, 0.29) is 0 Å². The number of hydrogen-bond donors (Lipinski definition) is 3. The van der Waals surface area contributed by atoms with Crippen molar-refractivity contribution in [2.75, 3.05) is 6.54 Å². The van der Waals surface area contributed by atoms with Crippen molar-refractivity contribution in [1.82, 2.24) is 20.3 Å². The van der Waals surface area contributed by atoms with Gasteiger partial charge in [-0.3, -0.25) is 10.0 Å². The molecular formula is C21H22N4O2. The van der Waals surface area contributed by atoms with E-state index in [1.165, 1.54) is 17.2 Å². The first-order chi connectivity index (χ1) is 13.2. The van der Waals surface area contributed by atoms with E-state index in [0.29, 0.717) is 6.04 Å². The number of nitrogens with one attached hydrogen (secondary N) is 2. The third-order valence-electron chi connectivity index (χ3n) is 5.05. The van der Waals surface area contributed by atoms with E-state index in [9.17, 15) is 4.79 Å². The summed E-state index contributed by atoms with van der Waals surface area (Å²) in [5, 5.41) is 12.2. The van der Waals surface area contributed by atoms with Gasteiger partial charge in [0.15, 0.2) is 0 Å². The summed E-state index contributed by atoms with van der Waals surface area (Å²) in [5.41, 5.74) is 7.39. The van der Waals surface area contributed by atoms with Gasteiger partial charge in [-0.15, -0.1) is 0 Å². The molecule has 3 aromatic rings. The summed E-state index contributed by atoms with van der Waals surface area (Å²) in [6.45, 7) is 1.76. The fourth-order valence-electron chi connectivity index (χ4n) is 3.71. The van der Waals surface area contributed by atoms with Gasteiger partial charge in [0.25, 0.3) is 5.91 Å². The van der Waals surface area contributed by atoms with Gasteiger partial charge in [0.2, 0.25) is 0 Å². The van der Waals surface area contributed by atoms with Crippen molar-refractivity contribution < 1.29 is 10.0 Å². The van der Waals surface area contributed by atoms with Crippen molar-refractivity contribution in [3.8, 4) is 0 Å². The molecule has 1 aromatic heterocycles.